The van der Waals surface area contributed by atoms with Crippen LogP contribution in [0.3, 0.4) is 0 Å². The van der Waals surface area contributed by atoms with E-state index in [2.05, 4.69) is 10.6 Å². The minimum absolute atomic E-state index is 0.348. The monoisotopic (exact) mass is 507 g/mol. The van der Waals surface area contributed by atoms with Gasteiger partial charge in [-0.05, 0) is 75.2 Å². The Morgan fingerprint density at radius 1 is 0.944 bits per heavy atom. The van der Waals surface area contributed by atoms with E-state index < -0.39 is 29.6 Å². The van der Waals surface area contributed by atoms with Crippen LogP contribution in [0.4, 0.5) is 16.2 Å². The van der Waals surface area contributed by atoms with Crippen molar-refractivity contribution in [1.82, 2.24) is 5.32 Å². The molecule has 1 atom stereocenters. The summed E-state index contributed by atoms with van der Waals surface area (Å²) < 4.78 is 5.69. The zero-order valence-electron chi connectivity index (χ0n) is 20.7. The maximum atomic E-state index is 13.6. The molecule has 0 radical (unpaired) electrons. The summed E-state index contributed by atoms with van der Waals surface area (Å²) in [6.07, 6.45) is 0. The molecule has 8 heteroatoms. The standard InChI is InChI=1S/C28H30ClN3O4/c1-19-9-8-10-22(17-19)31-27(35)30-18-24(33)32(23-11-6-5-7-12-23)25(26(34)36-28(2,3)4)20-13-15-21(29)16-14-20/h5-17,25H,18H2,1-4H3,(H2,30,31,35). The van der Waals surface area contributed by atoms with Crippen molar-refractivity contribution in [2.75, 3.05) is 16.8 Å². The first kappa shape index (κ1) is 26.8. The average molecular weight is 508 g/mol. The Bertz CT molecular complexity index is 1210. The van der Waals surface area contributed by atoms with Crippen LogP contribution in [-0.2, 0) is 14.3 Å². The molecule has 0 saturated heterocycles. The number of amides is 3. The zero-order chi connectivity index (χ0) is 26.3. The first-order chi connectivity index (χ1) is 17.0. The molecule has 2 N–H and O–H groups in total. The Morgan fingerprint density at radius 2 is 1.61 bits per heavy atom. The van der Waals surface area contributed by atoms with Gasteiger partial charge in [0.1, 0.15) is 5.60 Å². The number of urea groups is 1. The number of benzene rings is 3. The Labute approximate surface area is 216 Å². The Morgan fingerprint density at radius 3 is 2.22 bits per heavy atom. The van der Waals surface area contributed by atoms with Gasteiger partial charge in [-0.1, -0.05) is 54.1 Å². The second-order valence-electron chi connectivity index (χ2n) is 9.26. The molecule has 3 amide bonds. The highest BCUT2D eigenvalue weighted by atomic mass is 35.5. The van der Waals surface area contributed by atoms with E-state index in [1.54, 1.807) is 75.4 Å². The molecule has 0 heterocycles. The molecular weight excluding hydrogens is 478 g/mol. The van der Waals surface area contributed by atoms with Crippen molar-refractivity contribution in [3.05, 3.63) is 95.0 Å². The van der Waals surface area contributed by atoms with E-state index in [9.17, 15) is 14.4 Å². The molecule has 0 aliphatic rings. The SMILES string of the molecule is Cc1cccc(NC(=O)NCC(=O)N(c2ccccc2)C(C(=O)OC(C)(C)C)c2ccc(Cl)cc2)c1. The summed E-state index contributed by atoms with van der Waals surface area (Å²) in [6, 6.07) is 21.1. The van der Waals surface area contributed by atoms with Crippen LogP contribution in [0.2, 0.25) is 5.02 Å². The van der Waals surface area contributed by atoms with Crippen LogP contribution >= 0.6 is 11.6 Å². The molecular formula is C28H30ClN3O4. The van der Waals surface area contributed by atoms with Gasteiger partial charge in [-0.3, -0.25) is 9.69 Å². The van der Waals surface area contributed by atoms with Crippen molar-refractivity contribution >= 4 is 40.9 Å². The number of nitrogens with one attached hydrogen (secondary N) is 2. The van der Waals surface area contributed by atoms with Crippen LogP contribution in [0.15, 0.2) is 78.9 Å². The number of nitrogens with zero attached hydrogens (tertiary/aromatic N) is 1. The molecule has 0 fully saturated rings. The Balaban J connectivity index is 1.90. The molecule has 0 bridgehead atoms. The summed E-state index contributed by atoms with van der Waals surface area (Å²) in [6.45, 7) is 6.85. The van der Waals surface area contributed by atoms with E-state index >= 15 is 0 Å². The third-order valence-electron chi connectivity index (χ3n) is 5.05. The summed E-state index contributed by atoms with van der Waals surface area (Å²) in [7, 11) is 0. The molecule has 0 aromatic heterocycles. The minimum atomic E-state index is -1.10. The summed E-state index contributed by atoms with van der Waals surface area (Å²) in [5, 5.41) is 5.79. The summed E-state index contributed by atoms with van der Waals surface area (Å²) in [5.74, 6) is -1.10. The normalized spacial score (nSPS) is 11.8. The predicted molar refractivity (Wildman–Crippen MR) is 142 cm³/mol. The number of halogens is 1. The summed E-state index contributed by atoms with van der Waals surface area (Å²) in [4.78, 5) is 40.8. The van der Waals surface area contributed by atoms with E-state index in [-0.39, 0.29) is 6.54 Å². The third kappa shape index (κ3) is 7.58. The van der Waals surface area contributed by atoms with Crippen LogP contribution in [0.25, 0.3) is 0 Å². The molecule has 0 aliphatic carbocycles. The van der Waals surface area contributed by atoms with Crippen LogP contribution < -0.4 is 15.5 Å². The van der Waals surface area contributed by atoms with Crippen molar-refractivity contribution in [2.24, 2.45) is 0 Å². The lowest BCUT2D eigenvalue weighted by Crippen LogP contribution is -2.46. The lowest BCUT2D eigenvalue weighted by molar-refractivity contribution is -0.157. The second-order valence-corrected chi connectivity index (χ2v) is 9.70. The zero-order valence-corrected chi connectivity index (χ0v) is 21.5. The summed E-state index contributed by atoms with van der Waals surface area (Å²) in [5.41, 5.74) is 1.82. The highest BCUT2D eigenvalue weighted by Crippen LogP contribution is 2.31. The van der Waals surface area contributed by atoms with E-state index in [0.29, 0.717) is 22.0 Å². The number of hydrogen-bond donors (Lipinski definition) is 2. The van der Waals surface area contributed by atoms with Gasteiger partial charge in [0.25, 0.3) is 0 Å². The van der Waals surface area contributed by atoms with Crippen molar-refractivity contribution in [3.63, 3.8) is 0 Å². The van der Waals surface area contributed by atoms with Gasteiger partial charge in [0, 0.05) is 16.4 Å². The van der Waals surface area contributed by atoms with Gasteiger partial charge in [0.2, 0.25) is 5.91 Å². The van der Waals surface area contributed by atoms with Crippen LogP contribution in [0, 0.1) is 6.92 Å². The van der Waals surface area contributed by atoms with Gasteiger partial charge in [-0.15, -0.1) is 0 Å². The van der Waals surface area contributed by atoms with Crippen molar-refractivity contribution < 1.29 is 19.1 Å². The number of para-hydroxylation sites is 1. The number of anilines is 2. The molecule has 7 nitrogen and oxygen atoms in total. The quantitative estimate of drug-likeness (QED) is 0.390. The molecule has 36 heavy (non-hydrogen) atoms. The molecule has 3 rings (SSSR count). The number of carbonyl (C=O) groups is 3. The summed E-state index contributed by atoms with van der Waals surface area (Å²) >= 11 is 6.07. The minimum Gasteiger partial charge on any atom is -0.458 e. The van der Waals surface area contributed by atoms with Gasteiger partial charge in [0.05, 0.1) is 6.54 Å². The van der Waals surface area contributed by atoms with Crippen LogP contribution in [0.5, 0.6) is 0 Å². The fraction of sp³-hybridized carbons (Fsp3) is 0.250. The first-order valence-electron chi connectivity index (χ1n) is 11.5. The first-order valence-corrected chi connectivity index (χ1v) is 11.9. The fourth-order valence-corrected chi connectivity index (χ4v) is 3.68. The van der Waals surface area contributed by atoms with Gasteiger partial charge in [-0.2, -0.15) is 0 Å². The maximum Gasteiger partial charge on any atom is 0.334 e. The number of esters is 1. The topological polar surface area (TPSA) is 87.7 Å². The molecule has 0 saturated carbocycles. The highest BCUT2D eigenvalue weighted by molar-refractivity contribution is 6.30. The number of rotatable bonds is 7. The smallest absolute Gasteiger partial charge is 0.334 e. The average Bonchev–Trinajstić information content (AvgIpc) is 2.81. The second kappa shape index (κ2) is 11.7. The van der Waals surface area contributed by atoms with Crippen LogP contribution in [-0.4, -0.2) is 30.1 Å². The molecule has 0 aliphatic heterocycles. The molecule has 3 aromatic carbocycles. The Hall–Kier alpha value is -3.84. The van der Waals surface area contributed by atoms with Gasteiger partial charge in [0.15, 0.2) is 6.04 Å². The number of ether oxygens (including phenoxy) is 1. The largest absolute Gasteiger partial charge is 0.458 e. The number of hydrogen-bond acceptors (Lipinski definition) is 4. The van der Waals surface area contributed by atoms with Crippen molar-refractivity contribution in [3.8, 4) is 0 Å². The van der Waals surface area contributed by atoms with Gasteiger partial charge >= 0.3 is 12.0 Å². The van der Waals surface area contributed by atoms with Crippen molar-refractivity contribution in [1.29, 1.82) is 0 Å². The predicted octanol–water partition coefficient (Wildman–Crippen LogP) is 5.89. The lowest BCUT2D eigenvalue weighted by Gasteiger charge is -2.33. The molecule has 0 spiro atoms. The van der Waals surface area contributed by atoms with Gasteiger partial charge < -0.3 is 15.4 Å². The molecule has 188 valence electrons. The van der Waals surface area contributed by atoms with E-state index in [0.717, 1.165) is 5.56 Å². The van der Waals surface area contributed by atoms with E-state index in [1.165, 1.54) is 4.90 Å². The maximum absolute atomic E-state index is 13.6. The molecule has 1 unspecified atom stereocenters. The molecule has 3 aromatic rings. The number of carbonyl (C=O) groups excluding carboxylic acids is 3. The van der Waals surface area contributed by atoms with Crippen molar-refractivity contribution in [2.45, 2.75) is 39.3 Å². The third-order valence-corrected chi connectivity index (χ3v) is 5.31. The fourth-order valence-electron chi connectivity index (χ4n) is 3.56. The van der Waals surface area contributed by atoms with E-state index in [1.807, 2.05) is 31.2 Å². The Kier molecular flexibility index (Phi) is 8.72. The lowest BCUT2D eigenvalue weighted by atomic mass is 10.0. The van der Waals surface area contributed by atoms with Crippen LogP contribution in [0.1, 0.15) is 37.9 Å². The highest BCUT2D eigenvalue weighted by Gasteiger charge is 2.36. The number of aryl methyl sites for hydroxylation is 1. The van der Waals surface area contributed by atoms with E-state index in [4.69, 9.17) is 16.3 Å². The van der Waals surface area contributed by atoms with Gasteiger partial charge in [-0.25, -0.2) is 9.59 Å².